The van der Waals surface area contributed by atoms with Gasteiger partial charge in [0.1, 0.15) is 0 Å². The van der Waals surface area contributed by atoms with Gasteiger partial charge in [-0.15, -0.1) is 0 Å². The first kappa shape index (κ1) is 14.3. The van der Waals surface area contributed by atoms with Crippen molar-refractivity contribution in [3.05, 3.63) is 84.9 Å². The molecule has 0 aromatic heterocycles. The second-order valence-corrected chi connectivity index (χ2v) is 6.02. The van der Waals surface area contributed by atoms with E-state index in [9.17, 15) is 0 Å². The molecule has 4 N–H and O–H groups in total. The van der Waals surface area contributed by atoms with Crippen LogP contribution in [0.1, 0.15) is 0 Å². The number of nitrogens with two attached hydrogens (primary N) is 2. The van der Waals surface area contributed by atoms with Crippen molar-refractivity contribution in [2.75, 3.05) is 11.5 Å². The van der Waals surface area contributed by atoms with Crippen LogP contribution in [-0.2, 0) is 0 Å². The van der Waals surface area contributed by atoms with Crippen molar-refractivity contribution in [1.82, 2.24) is 0 Å². The standard InChI is InChI=1S/C22H18N2/c23-21-9-5-15(6-10-21)18-3-1-17-2-4-19(14-20(17)13-18)16-7-11-22(24)12-8-16/h1-14H,23-24H2. The maximum absolute atomic E-state index is 5.78. The Hall–Kier alpha value is -3.26. The second-order valence-electron chi connectivity index (χ2n) is 6.02. The molecule has 4 aromatic carbocycles. The first-order valence-electron chi connectivity index (χ1n) is 7.95. The smallest absolute Gasteiger partial charge is 0.0314 e. The van der Waals surface area contributed by atoms with Crippen molar-refractivity contribution in [1.29, 1.82) is 0 Å². The van der Waals surface area contributed by atoms with Crippen LogP contribution in [0.5, 0.6) is 0 Å². The van der Waals surface area contributed by atoms with Gasteiger partial charge < -0.3 is 11.5 Å². The SMILES string of the molecule is Nc1ccc(-c2ccc3ccc(-c4ccc(N)cc4)cc3c2)cc1. The zero-order valence-electron chi connectivity index (χ0n) is 13.2. The van der Waals surface area contributed by atoms with Gasteiger partial charge in [0, 0.05) is 11.4 Å². The van der Waals surface area contributed by atoms with Crippen LogP contribution < -0.4 is 11.5 Å². The fourth-order valence-corrected chi connectivity index (χ4v) is 2.96. The molecule has 116 valence electrons. The lowest BCUT2D eigenvalue weighted by Gasteiger charge is -2.08. The van der Waals surface area contributed by atoms with Crippen molar-refractivity contribution in [2.24, 2.45) is 0 Å². The van der Waals surface area contributed by atoms with Gasteiger partial charge >= 0.3 is 0 Å². The third-order valence-corrected chi connectivity index (χ3v) is 4.33. The zero-order chi connectivity index (χ0) is 16.5. The van der Waals surface area contributed by atoms with Gasteiger partial charge in [-0.1, -0.05) is 48.5 Å². The Labute approximate surface area is 141 Å². The Kier molecular flexibility index (Phi) is 3.43. The van der Waals surface area contributed by atoms with E-state index >= 15 is 0 Å². The summed E-state index contributed by atoms with van der Waals surface area (Å²) in [5.41, 5.74) is 17.9. The van der Waals surface area contributed by atoms with Gasteiger partial charge in [0.05, 0.1) is 0 Å². The van der Waals surface area contributed by atoms with E-state index in [2.05, 4.69) is 60.7 Å². The van der Waals surface area contributed by atoms with Crippen molar-refractivity contribution in [3.8, 4) is 22.3 Å². The number of hydrogen-bond donors (Lipinski definition) is 2. The van der Waals surface area contributed by atoms with E-state index in [1.807, 2.05) is 24.3 Å². The summed E-state index contributed by atoms with van der Waals surface area (Å²) >= 11 is 0. The number of anilines is 2. The van der Waals surface area contributed by atoms with Crippen LogP contribution in [0.15, 0.2) is 84.9 Å². The van der Waals surface area contributed by atoms with Gasteiger partial charge in [-0.25, -0.2) is 0 Å². The third-order valence-electron chi connectivity index (χ3n) is 4.33. The number of benzene rings is 4. The highest BCUT2D eigenvalue weighted by Crippen LogP contribution is 2.29. The monoisotopic (exact) mass is 310 g/mol. The molecule has 0 unspecified atom stereocenters. The molecule has 0 amide bonds. The van der Waals surface area contributed by atoms with Crippen LogP contribution in [0.3, 0.4) is 0 Å². The van der Waals surface area contributed by atoms with Crippen LogP contribution in [0.4, 0.5) is 11.4 Å². The Morgan fingerprint density at radius 3 is 1.17 bits per heavy atom. The fraction of sp³-hybridized carbons (Fsp3) is 0. The average Bonchev–Trinajstić information content (AvgIpc) is 2.62. The van der Waals surface area contributed by atoms with Gasteiger partial charge in [0.2, 0.25) is 0 Å². The second kappa shape index (κ2) is 5.74. The first-order chi connectivity index (χ1) is 11.7. The molecule has 0 saturated carbocycles. The number of nitrogen functional groups attached to an aromatic ring is 2. The molecule has 4 rings (SSSR count). The van der Waals surface area contributed by atoms with Crippen molar-refractivity contribution in [2.45, 2.75) is 0 Å². The molecular formula is C22H18N2. The molecule has 0 aliphatic rings. The normalized spacial score (nSPS) is 10.8. The van der Waals surface area contributed by atoms with E-state index in [1.54, 1.807) is 0 Å². The molecule has 0 atom stereocenters. The van der Waals surface area contributed by atoms with E-state index in [-0.39, 0.29) is 0 Å². The molecular weight excluding hydrogens is 292 g/mol. The molecule has 0 aliphatic carbocycles. The number of fused-ring (bicyclic) bond motifs is 1. The summed E-state index contributed by atoms with van der Waals surface area (Å²) in [5.74, 6) is 0. The Morgan fingerprint density at radius 1 is 0.375 bits per heavy atom. The van der Waals surface area contributed by atoms with Gasteiger partial charge in [-0.2, -0.15) is 0 Å². The zero-order valence-corrected chi connectivity index (χ0v) is 13.2. The lowest BCUT2D eigenvalue weighted by atomic mass is 9.97. The number of rotatable bonds is 2. The van der Waals surface area contributed by atoms with Crippen molar-refractivity contribution in [3.63, 3.8) is 0 Å². The molecule has 4 aromatic rings. The van der Waals surface area contributed by atoms with Crippen LogP contribution in [0.2, 0.25) is 0 Å². The highest BCUT2D eigenvalue weighted by molar-refractivity contribution is 5.91. The third kappa shape index (κ3) is 2.70. The summed E-state index contributed by atoms with van der Waals surface area (Å²) in [6.45, 7) is 0. The van der Waals surface area contributed by atoms with E-state index in [0.29, 0.717) is 0 Å². The molecule has 24 heavy (non-hydrogen) atoms. The van der Waals surface area contributed by atoms with Gasteiger partial charge in [0.25, 0.3) is 0 Å². The quantitative estimate of drug-likeness (QED) is 0.491. The molecule has 2 heteroatoms. The fourth-order valence-electron chi connectivity index (χ4n) is 2.96. The Morgan fingerprint density at radius 2 is 0.750 bits per heavy atom. The van der Waals surface area contributed by atoms with E-state index < -0.39 is 0 Å². The maximum atomic E-state index is 5.78. The predicted molar refractivity (Wildman–Crippen MR) is 104 cm³/mol. The number of hydrogen-bond acceptors (Lipinski definition) is 2. The molecule has 0 radical (unpaired) electrons. The molecule has 0 fully saturated rings. The molecule has 0 bridgehead atoms. The van der Waals surface area contributed by atoms with Gasteiger partial charge in [-0.05, 0) is 69.4 Å². The van der Waals surface area contributed by atoms with Crippen LogP contribution >= 0.6 is 0 Å². The van der Waals surface area contributed by atoms with Gasteiger partial charge in [-0.3, -0.25) is 0 Å². The summed E-state index contributed by atoms with van der Waals surface area (Å²) in [5, 5.41) is 2.45. The summed E-state index contributed by atoms with van der Waals surface area (Å²) in [6.07, 6.45) is 0. The first-order valence-corrected chi connectivity index (χ1v) is 7.95. The lowest BCUT2D eigenvalue weighted by Crippen LogP contribution is -1.85. The molecule has 2 nitrogen and oxygen atoms in total. The van der Waals surface area contributed by atoms with Crippen LogP contribution in [0, 0.1) is 0 Å². The average molecular weight is 310 g/mol. The molecule has 0 spiro atoms. The summed E-state index contributed by atoms with van der Waals surface area (Å²) in [7, 11) is 0. The van der Waals surface area contributed by atoms with E-state index in [4.69, 9.17) is 11.5 Å². The van der Waals surface area contributed by atoms with Crippen LogP contribution in [0.25, 0.3) is 33.0 Å². The van der Waals surface area contributed by atoms with Crippen LogP contribution in [-0.4, -0.2) is 0 Å². The molecule has 0 aliphatic heterocycles. The van der Waals surface area contributed by atoms with E-state index in [0.717, 1.165) is 11.4 Å². The highest BCUT2D eigenvalue weighted by Gasteiger charge is 2.03. The van der Waals surface area contributed by atoms with E-state index in [1.165, 1.54) is 33.0 Å². The minimum absolute atomic E-state index is 0.783. The summed E-state index contributed by atoms with van der Waals surface area (Å²) < 4.78 is 0. The Bertz CT molecular complexity index is 920. The minimum Gasteiger partial charge on any atom is -0.399 e. The maximum Gasteiger partial charge on any atom is 0.0314 e. The summed E-state index contributed by atoms with van der Waals surface area (Å²) in [4.78, 5) is 0. The van der Waals surface area contributed by atoms with Crippen molar-refractivity contribution >= 4 is 22.1 Å². The summed E-state index contributed by atoms with van der Waals surface area (Å²) in [6, 6.07) is 29.0. The lowest BCUT2D eigenvalue weighted by molar-refractivity contribution is 1.62. The topological polar surface area (TPSA) is 52.0 Å². The minimum atomic E-state index is 0.783. The van der Waals surface area contributed by atoms with Crippen molar-refractivity contribution < 1.29 is 0 Å². The molecule has 0 heterocycles. The Balaban J connectivity index is 1.80. The van der Waals surface area contributed by atoms with Gasteiger partial charge in [0.15, 0.2) is 0 Å². The highest BCUT2D eigenvalue weighted by atomic mass is 14.5. The predicted octanol–water partition coefficient (Wildman–Crippen LogP) is 5.34. The molecule has 0 saturated heterocycles. The largest absolute Gasteiger partial charge is 0.399 e.